The number of ether oxygens (including phenoxy) is 1. The Hall–Kier alpha value is -2.70. The first-order valence-electron chi connectivity index (χ1n) is 7.40. The van der Waals surface area contributed by atoms with Crippen LogP contribution in [0.25, 0.3) is 0 Å². The maximum absolute atomic E-state index is 12.2. The molecule has 0 spiro atoms. The van der Waals surface area contributed by atoms with Crippen LogP contribution in [0.3, 0.4) is 0 Å². The van der Waals surface area contributed by atoms with Crippen LogP contribution in [0, 0.1) is 11.8 Å². The monoisotopic (exact) mass is 317 g/mol. The fourth-order valence-electron chi connectivity index (χ4n) is 2.72. The van der Waals surface area contributed by atoms with Crippen molar-refractivity contribution in [2.75, 3.05) is 6.61 Å². The molecule has 1 heterocycles. The Kier molecular flexibility index (Phi) is 3.85. The van der Waals surface area contributed by atoms with E-state index in [1.807, 2.05) is 0 Å². The SMILES string of the molecule is CCOC(=O)[C@H]1CC[C@H]1C(=O)ON1C(=O)c2ccccc2C1=O. The molecule has 1 aromatic carbocycles. The van der Waals surface area contributed by atoms with E-state index in [4.69, 9.17) is 9.57 Å². The van der Waals surface area contributed by atoms with Crippen LogP contribution in [-0.2, 0) is 19.2 Å². The fourth-order valence-corrected chi connectivity index (χ4v) is 2.72. The Morgan fingerprint density at radius 3 is 2.04 bits per heavy atom. The van der Waals surface area contributed by atoms with Crippen LogP contribution in [0.15, 0.2) is 24.3 Å². The lowest BCUT2D eigenvalue weighted by Gasteiger charge is -2.32. The van der Waals surface area contributed by atoms with Gasteiger partial charge in [0.25, 0.3) is 11.8 Å². The third-order valence-electron chi connectivity index (χ3n) is 4.10. The average Bonchev–Trinajstić information content (AvgIpc) is 2.72. The molecule has 1 aliphatic carbocycles. The molecular weight excluding hydrogens is 302 g/mol. The second kappa shape index (κ2) is 5.83. The smallest absolute Gasteiger partial charge is 0.337 e. The van der Waals surface area contributed by atoms with Gasteiger partial charge in [-0.3, -0.25) is 14.4 Å². The summed E-state index contributed by atoms with van der Waals surface area (Å²) in [5.41, 5.74) is 0.390. The second-order valence-corrected chi connectivity index (χ2v) is 5.40. The minimum Gasteiger partial charge on any atom is -0.466 e. The molecule has 0 N–H and O–H groups in total. The van der Waals surface area contributed by atoms with E-state index in [1.165, 1.54) is 12.1 Å². The Bertz CT molecular complexity index is 663. The van der Waals surface area contributed by atoms with Gasteiger partial charge in [-0.25, -0.2) is 4.79 Å². The summed E-state index contributed by atoms with van der Waals surface area (Å²) in [4.78, 5) is 53.1. The van der Waals surface area contributed by atoms with Crippen molar-refractivity contribution < 1.29 is 28.8 Å². The van der Waals surface area contributed by atoms with Crippen LogP contribution in [-0.4, -0.2) is 35.4 Å². The van der Waals surface area contributed by atoms with E-state index in [2.05, 4.69) is 0 Å². The van der Waals surface area contributed by atoms with Gasteiger partial charge in [-0.2, -0.15) is 0 Å². The highest BCUT2D eigenvalue weighted by atomic mass is 16.7. The lowest BCUT2D eigenvalue weighted by molar-refractivity contribution is -0.184. The van der Waals surface area contributed by atoms with Crippen molar-refractivity contribution in [3.05, 3.63) is 35.4 Å². The molecule has 0 bridgehead atoms. The quantitative estimate of drug-likeness (QED) is 0.615. The Morgan fingerprint density at radius 2 is 1.57 bits per heavy atom. The number of rotatable bonds is 4. The number of fused-ring (bicyclic) bond motifs is 1. The summed E-state index contributed by atoms with van der Waals surface area (Å²) in [6.45, 7) is 1.91. The summed E-state index contributed by atoms with van der Waals surface area (Å²) >= 11 is 0. The van der Waals surface area contributed by atoms with Crippen LogP contribution >= 0.6 is 0 Å². The predicted molar refractivity (Wildman–Crippen MR) is 75.9 cm³/mol. The topological polar surface area (TPSA) is 90.0 Å². The van der Waals surface area contributed by atoms with Crippen LogP contribution in [0.2, 0.25) is 0 Å². The number of hydroxylamine groups is 2. The summed E-state index contributed by atoms with van der Waals surface area (Å²) < 4.78 is 4.89. The van der Waals surface area contributed by atoms with E-state index in [9.17, 15) is 19.2 Å². The summed E-state index contributed by atoms with van der Waals surface area (Å²) in [7, 11) is 0. The maximum atomic E-state index is 12.2. The Balaban J connectivity index is 1.69. The minimum absolute atomic E-state index is 0.195. The molecule has 7 heteroatoms. The summed E-state index contributed by atoms with van der Waals surface area (Å²) in [6.07, 6.45) is 0.992. The zero-order chi connectivity index (χ0) is 16.6. The van der Waals surface area contributed by atoms with E-state index in [1.54, 1.807) is 19.1 Å². The highest BCUT2D eigenvalue weighted by Crippen LogP contribution is 2.37. The summed E-state index contributed by atoms with van der Waals surface area (Å²) in [5, 5.41) is 0.466. The molecule has 7 nitrogen and oxygen atoms in total. The van der Waals surface area contributed by atoms with Gasteiger partial charge < -0.3 is 9.57 Å². The highest BCUT2D eigenvalue weighted by Gasteiger charge is 2.46. The van der Waals surface area contributed by atoms with Crippen molar-refractivity contribution in [1.82, 2.24) is 5.06 Å². The molecule has 2 aliphatic rings. The van der Waals surface area contributed by atoms with Gasteiger partial charge in [0, 0.05) is 0 Å². The number of carbonyl (C=O) groups excluding carboxylic acids is 4. The largest absolute Gasteiger partial charge is 0.466 e. The van der Waals surface area contributed by atoms with Crippen molar-refractivity contribution in [1.29, 1.82) is 0 Å². The lowest BCUT2D eigenvalue weighted by Crippen LogP contribution is -2.43. The van der Waals surface area contributed by atoms with Crippen LogP contribution < -0.4 is 0 Å². The van der Waals surface area contributed by atoms with Gasteiger partial charge in [0.15, 0.2) is 0 Å². The molecule has 0 aromatic heterocycles. The molecule has 3 rings (SSSR count). The maximum Gasteiger partial charge on any atom is 0.337 e. The number of hydrogen-bond acceptors (Lipinski definition) is 6. The lowest BCUT2D eigenvalue weighted by atomic mass is 9.74. The van der Waals surface area contributed by atoms with E-state index in [-0.39, 0.29) is 17.7 Å². The van der Waals surface area contributed by atoms with Gasteiger partial charge in [0.2, 0.25) is 0 Å². The molecule has 1 aliphatic heterocycles. The van der Waals surface area contributed by atoms with Gasteiger partial charge >= 0.3 is 11.9 Å². The zero-order valence-electron chi connectivity index (χ0n) is 12.5. The van der Waals surface area contributed by atoms with Gasteiger partial charge in [-0.05, 0) is 31.9 Å². The molecule has 2 atom stereocenters. The first-order chi connectivity index (χ1) is 11.0. The van der Waals surface area contributed by atoms with Crippen LogP contribution in [0.4, 0.5) is 0 Å². The van der Waals surface area contributed by atoms with Crippen molar-refractivity contribution in [3.63, 3.8) is 0 Å². The van der Waals surface area contributed by atoms with Gasteiger partial charge in [-0.1, -0.05) is 17.2 Å². The fraction of sp³-hybridized carbons (Fsp3) is 0.375. The number of amides is 2. The number of benzene rings is 1. The third-order valence-corrected chi connectivity index (χ3v) is 4.10. The summed E-state index contributed by atoms with van der Waals surface area (Å²) in [5.74, 6) is -3.82. The molecule has 23 heavy (non-hydrogen) atoms. The molecule has 0 radical (unpaired) electrons. The molecule has 0 saturated heterocycles. The molecule has 2 amide bonds. The molecular formula is C16H15NO6. The highest BCUT2D eigenvalue weighted by molar-refractivity contribution is 6.20. The number of hydrogen-bond donors (Lipinski definition) is 0. The second-order valence-electron chi connectivity index (χ2n) is 5.40. The van der Waals surface area contributed by atoms with E-state index in [0.29, 0.717) is 17.9 Å². The molecule has 1 aromatic rings. The normalized spacial score (nSPS) is 22.4. The van der Waals surface area contributed by atoms with E-state index < -0.39 is 35.6 Å². The predicted octanol–water partition coefficient (Wildman–Crippen LogP) is 1.33. The van der Waals surface area contributed by atoms with Crippen LogP contribution in [0.5, 0.6) is 0 Å². The minimum atomic E-state index is -0.760. The number of imide groups is 1. The first-order valence-corrected chi connectivity index (χ1v) is 7.40. The Morgan fingerprint density at radius 1 is 1.04 bits per heavy atom. The third kappa shape index (κ3) is 2.48. The number of carbonyl (C=O) groups is 4. The van der Waals surface area contributed by atoms with Crippen LogP contribution in [0.1, 0.15) is 40.5 Å². The van der Waals surface area contributed by atoms with Gasteiger partial charge in [0.05, 0.1) is 29.6 Å². The average molecular weight is 317 g/mol. The van der Waals surface area contributed by atoms with Crippen molar-refractivity contribution >= 4 is 23.8 Å². The molecule has 120 valence electrons. The van der Waals surface area contributed by atoms with Gasteiger partial charge in [-0.15, -0.1) is 0 Å². The molecule has 0 unspecified atom stereocenters. The zero-order valence-corrected chi connectivity index (χ0v) is 12.5. The first kappa shape index (κ1) is 15.2. The van der Waals surface area contributed by atoms with Crippen molar-refractivity contribution in [2.24, 2.45) is 11.8 Å². The standard InChI is InChI=1S/C16H15NO6/c1-2-22-15(20)11-7-8-12(11)16(21)23-17-13(18)9-5-3-4-6-10(9)14(17)19/h3-6,11-12H,2,7-8H2,1H3/t11-,12+/m0/s1. The molecule has 1 fully saturated rings. The molecule has 1 saturated carbocycles. The number of esters is 1. The van der Waals surface area contributed by atoms with E-state index >= 15 is 0 Å². The number of nitrogens with zero attached hydrogens (tertiary/aromatic N) is 1. The van der Waals surface area contributed by atoms with Crippen molar-refractivity contribution in [3.8, 4) is 0 Å². The van der Waals surface area contributed by atoms with Gasteiger partial charge in [0.1, 0.15) is 0 Å². The Labute approximate surface area is 132 Å². The van der Waals surface area contributed by atoms with Crippen molar-refractivity contribution in [2.45, 2.75) is 19.8 Å². The van der Waals surface area contributed by atoms with E-state index in [0.717, 1.165) is 0 Å². The summed E-state index contributed by atoms with van der Waals surface area (Å²) in [6, 6.07) is 6.23.